The minimum absolute atomic E-state index is 0.173. The molecule has 1 fully saturated rings. The molecule has 4 aromatic rings. The number of hydrogen-bond acceptors (Lipinski definition) is 9. The van der Waals surface area contributed by atoms with Crippen LogP contribution in [0.5, 0.6) is 11.5 Å². The fraction of sp³-hybridized carbons (Fsp3) is 0.310. The van der Waals surface area contributed by atoms with Crippen molar-refractivity contribution in [2.45, 2.75) is 25.4 Å². The monoisotopic (exact) mass is 556 g/mol. The van der Waals surface area contributed by atoms with Crippen molar-refractivity contribution in [3.8, 4) is 17.4 Å². The normalized spacial score (nSPS) is 15.7. The zero-order valence-corrected chi connectivity index (χ0v) is 23.2. The molecule has 0 bridgehead atoms. The number of methoxy groups -OCH3 is 2. The van der Waals surface area contributed by atoms with Gasteiger partial charge in [-0.05, 0) is 42.3 Å². The van der Waals surface area contributed by atoms with Gasteiger partial charge in [0.2, 0.25) is 11.9 Å². The fourth-order valence-electron chi connectivity index (χ4n) is 4.90. The Balaban J connectivity index is 1.44. The molecule has 0 aliphatic carbocycles. The number of amides is 2. The van der Waals surface area contributed by atoms with Gasteiger partial charge >= 0.3 is 0 Å². The van der Waals surface area contributed by atoms with Crippen LogP contribution >= 0.6 is 0 Å². The second-order valence-corrected chi connectivity index (χ2v) is 9.47. The predicted molar refractivity (Wildman–Crippen MR) is 151 cm³/mol. The first-order chi connectivity index (χ1) is 20.0. The second-order valence-electron chi connectivity index (χ2n) is 9.47. The number of rotatable bonds is 9. The van der Waals surface area contributed by atoms with Crippen LogP contribution in [-0.4, -0.2) is 81.1 Å². The van der Waals surface area contributed by atoms with E-state index < -0.39 is 6.04 Å². The molecule has 0 spiro atoms. The second kappa shape index (κ2) is 12.5. The van der Waals surface area contributed by atoms with Crippen LogP contribution in [0, 0.1) is 0 Å². The van der Waals surface area contributed by atoms with Gasteiger partial charge in [-0.15, -0.1) is 0 Å². The maximum absolute atomic E-state index is 14.0. The number of ether oxygens (including phenoxy) is 2. The summed E-state index contributed by atoms with van der Waals surface area (Å²) in [5, 5.41) is 3.20. The first-order valence-corrected chi connectivity index (χ1v) is 13.3. The molecular formula is C29H32N8O4. The van der Waals surface area contributed by atoms with Crippen molar-refractivity contribution in [3.63, 3.8) is 0 Å². The third-order valence-electron chi connectivity index (χ3n) is 7.07. The highest BCUT2D eigenvalue weighted by Gasteiger charge is 2.36. The number of carbonyl (C=O) groups excluding carboxylic acids is 2. The molecule has 1 aliphatic rings. The van der Waals surface area contributed by atoms with Crippen molar-refractivity contribution in [1.82, 2.24) is 34.7 Å². The van der Waals surface area contributed by atoms with E-state index in [-0.39, 0.29) is 24.4 Å². The minimum Gasteiger partial charge on any atom is -0.493 e. The number of hydrogen-bond donors (Lipinski definition) is 1. The van der Waals surface area contributed by atoms with Crippen molar-refractivity contribution < 1.29 is 19.1 Å². The van der Waals surface area contributed by atoms with E-state index in [4.69, 9.17) is 14.5 Å². The molecule has 1 aromatic carbocycles. The lowest BCUT2D eigenvalue weighted by atomic mass is 10.0. The van der Waals surface area contributed by atoms with E-state index in [1.165, 1.54) is 6.20 Å². The zero-order chi connectivity index (χ0) is 28.8. The SMILES string of the molecule is CCC(NC(=O)C1CN(C(=O)c2cccnc2)CCN1c1ccnc(-n2ccnc2)n1)c1ccc(OC)c(OC)c1. The Morgan fingerprint density at radius 3 is 2.61 bits per heavy atom. The molecule has 41 heavy (non-hydrogen) atoms. The molecule has 5 rings (SSSR count). The summed E-state index contributed by atoms with van der Waals surface area (Å²) in [5.41, 5.74) is 1.36. The molecular weight excluding hydrogens is 524 g/mol. The highest BCUT2D eigenvalue weighted by molar-refractivity contribution is 5.95. The van der Waals surface area contributed by atoms with Crippen LogP contribution in [0.15, 0.2) is 73.7 Å². The summed E-state index contributed by atoms with van der Waals surface area (Å²) in [4.78, 5) is 48.2. The van der Waals surface area contributed by atoms with Crippen LogP contribution in [0.2, 0.25) is 0 Å². The smallest absolute Gasteiger partial charge is 0.255 e. The quantitative estimate of drug-likeness (QED) is 0.331. The molecule has 212 valence electrons. The number of nitrogens with one attached hydrogen (secondary N) is 1. The van der Waals surface area contributed by atoms with Gasteiger partial charge < -0.3 is 24.6 Å². The van der Waals surface area contributed by atoms with Crippen molar-refractivity contribution in [3.05, 3.63) is 84.8 Å². The Morgan fingerprint density at radius 2 is 1.90 bits per heavy atom. The number of aromatic nitrogens is 5. The Hall–Kier alpha value is -5.00. The van der Waals surface area contributed by atoms with E-state index in [0.29, 0.717) is 48.3 Å². The third-order valence-corrected chi connectivity index (χ3v) is 7.07. The summed E-state index contributed by atoms with van der Waals surface area (Å²) in [6.07, 6.45) is 10.5. The van der Waals surface area contributed by atoms with Gasteiger partial charge in [0.1, 0.15) is 18.2 Å². The van der Waals surface area contributed by atoms with E-state index in [9.17, 15) is 9.59 Å². The molecule has 2 atom stereocenters. The van der Waals surface area contributed by atoms with E-state index >= 15 is 0 Å². The lowest BCUT2D eigenvalue weighted by Gasteiger charge is -2.41. The number of carbonyl (C=O) groups is 2. The Bertz CT molecular complexity index is 1480. The van der Waals surface area contributed by atoms with Gasteiger partial charge in [0.25, 0.3) is 5.91 Å². The van der Waals surface area contributed by atoms with Gasteiger partial charge in [0.15, 0.2) is 11.5 Å². The number of imidazole rings is 1. The average Bonchev–Trinajstić information content (AvgIpc) is 3.58. The molecule has 1 aliphatic heterocycles. The lowest BCUT2D eigenvalue weighted by molar-refractivity contribution is -0.123. The first kappa shape index (κ1) is 27.6. The number of piperazine rings is 1. The summed E-state index contributed by atoms with van der Waals surface area (Å²) in [6.45, 7) is 2.99. The molecule has 4 heterocycles. The van der Waals surface area contributed by atoms with Crippen LogP contribution in [-0.2, 0) is 4.79 Å². The molecule has 2 amide bonds. The Morgan fingerprint density at radius 1 is 1.05 bits per heavy atom. The standard InChI is InChI=1S/C29H32N8O4/c1-4-22(20-7-8-24(40-2)25(16-20)41-3)33-27(38)23-18-35(28(39)21-6-5-10-30-17-21)14-15-37(23)26-9-11-32-29(34-26)36-13-12-31-19-36/h5-13,16-17,19,22-23H,4,14-15,18H2,1-3H3,(H,33,38). The summed E-state index contributed by atoms with van der Waals surface area (Å²) >= 11 is 0. The van der Waals surface area contributed by atoms with Gasteiger partial charge in [-0.3, -0.25) is 19.1 Å². The first-order valence-electron chi connectivity index (χ1n) is 13.3. The van der Waals surface area contributed by atoms with Gasteiger partial charge in [-0.1, -0.05) is 13.0 Å². The van der Waals surface area contributed by atoms with Crippen molar-refractivity contribution in [2.75, 3.05) is 38.8 Å². The maximum Gasteiger partial charge on any atom is 0.255 e. The highest BCUT2D eigenvalue weighted by Crippen LogP contribution is 2.31. The highest BCUT2D eigenvalue weighted by atomic mass is 16.5. The molecule has 1 saturated heterocycles. The van der Waals surface area contributed by atoms with Gasteiger partial charge in [0, 0.05) is 44.1 Å². The van der Waals surface area contributed by atoms with Crippen LogP contribution in [0.4, 0.5) is 5.82 Å². The molecule has 3 aromatic heterocycles. The van der Waals surface area contributed by atoms with E-state index in [2.05, 4.69) is 20.3 Å². The van der Waals surface area contributed by atoms with E-state index in [0.717, 1.165) is 5.56 Å². The number of benzene rings is 1. The number of anilines is 1. The number of pyridine rings is 1. The van der Waals surface area contributed by atoms with E-state index in [1.807, 2.05) is 30.0 Å². The zero-order valence-electron chi connectivity index (χ0n) is 23.2. The summed E-state index contributed by atoms with van der Waals surface area (Å²) in [7, 11) is 3.16. The lowest BCUT2D eigenvalue weighted by Crippen LogP contribution is -2.60. The Kier molecular flexibility index (Phi) is 8.37. The maximum atomic E-state index is 14.0. The van der Waals surface area contributed by atoms with Crippen LogP contribution in [0.25, 0.3) is 5.95 Å². The predicted octanol–water partition coefficient (Wildman–Crippen LogP) is 2.67. The Labute approximate surface area is 238 Å². The van der Waals surface area contributed by atoms with Crippen LogP contribution in [0.3, 0.4) is 0 Å². The van der Waals surface area contributed by atoms with E-state index in [1.54, 1.807) is 73.0 Å². The largest absolute Gasteiger partial charge is 0.493 e. The average molecular weight is 557 g/mol. The summed E-state index contributed by atoms with van der Waals surface area (Å²) in [6, 6.07) is 9.82. The molecule has 0 radical (unpaired) electrons. The molecule has 2 unspecified atom stereocenters. The number of nitrogens with zero attached hydrogens (tertiary/aromatic N) is 7. The molecule has 12 heteroatoms. The molecule has 1 N–H and O–H groups in total. The minimum atomic E-state index is -0.705. The van der Waals surface area contributed by atoms with Crippen molar-refractivity contribution >= 4 is 17.6 Å². The summed E-state index contributed by atoms with van der Waals surface area (Å²) < 4.78 is 12.5. The topological polar surface area (TPSA) is 128 Å². The summed E-state index contributed by atoms with van der Waals surface area (Å²) in [5.74, 6) is 1.81. The van der Waals surface area contributed by atoms with Crippen molar-refractivity contribution in [1.29, 1.82) is 0 Å². The van der Waals surface area contributed by atoms with Crippen LogP contribution in [0.1, 0.15) is 35.3 Å². The fourth-order valence-corrected chi connectivity index (χ4v) is 4.90. The van der Waals surface area contributed by atoms with Gasteiger partial charge in [-0.2, -0.15) is 4.98 Å². The molecule has 12 nitrogen and oxygen atoms in total. The molecule has 0 saturated carbocycles. The van der Waals surface area contributed by atoms with Crippen LogP contribution < -0.4 is 19.7 Å². The van der Waals surface area contributed by atoms with Gasteiger partial charge in [0.05, 0.1) is 32.4 Å². The third kappa shape index (κ3) is 5.96. The van der Waals surface area contributed by atoms with Gasteiger partial charge in [-0.25, -0.2) is 9.97 Å². The van der Waals surface area contributed by atoms with Crippen molar-refractivity contribution in [2.24, 2.45) is 0 Å².